The highest BCUT2D eigenvalue weighted by Crippen LogP contribution is 2.18. The molecule has 0 aliphatic carbocycles. The molecule has 1 aliphatic rings. The molecule has 6 heteroatoms. The van der Waals surface area contributed by atoms with Crippen LogP contribution in [0, 0.1) is 12.8 Å². The molecule has 1 N–H and O–H groups in total. The van der Waals surface area contributed by atoms with Crippen LogP contribution in [0.1, 0.15) is 48.8 Å². The first-order valence-electron chi connectivity index (χ1n) is 9.53. The number of likely N-dealkylation sites (tertiary alicyclic amines) is 1. The Hall–Kier alpha value is -2.21. The van der Waals surface area contributed by atoms with Crippen LogP contribution in [0.15, 0.2) is 28.8 Å². The number of carbonyl (C=O) groups excluding carboxylic acids is 1. The zero-order valence-corrected chi connectivity index (χ0v) is 15.7. The van der Waals surface area contributed by atoms with E-state index in [2.05, 4.69) is 27.3 Å². The molecule has 0 bridgehead atoms. The van der Waals surface area contributed by atoms with Crippen LogP contribution in [0.4, 0.5) is 0 Å². The molecule has 0 saturated carbocycles. The minimum Gasteiger partial charge on any atom is -0.352 e. The minimum atomic E-state index is -0.0372. The van der Waals surface area contributed by atoms with Crippen molar-refractivity contribution in [2.75, 3.05) is 26.2 Å². The van der Waals surface area contributed by atoms with Crippen LogP contribution >= 0.6 is 0 Å². The maximum Gasteiger partial charge on any atom is 0.257 e. The predicted molar refractivity (Wildman–Crippen MR) is 101 cm³/mol. The SMILES string of the molecule is Cc1noc(-c2ccc(C(=O)NCCCCN3CCCC(C)C3)cc2)n1. The van der Waals surface area contributed by atoms with E-state index in [0.717, 1.165) is 30.9 Å². The zero-order chi connectivity index (χ0) is 18.4. The summed E-state index contributed by atoms with van der Waals surface area (Å²) in [6.45, 7) is 8.41. The molecule has 0 radical (unpaired) electrons. The first kappa shape index (κ1) is 18.6. The number of unbranched alkanes of at least 4 members (excludes halogenated alkanes) is 1. The highest BCUT2D eigenvalue weighted by atomic mass is 16.5. The molecule has 1 fully saturated rings. The summed E-state index contributed by atoms with van der Waals surface area (Å²) >= 11 is 0. The van der Waals surface area contributed by atoms with Gasteiger partial charge in [-0.05, 0) is 75.9 Å². The first-order chi connectivity index (χ1) is 12.6. The van der Waals surface area contributed by atoms with Gasteiger partial charge in [-0.15, -0.1) is 0 Å². The van der Waals surface area contributed by atoms with E-state index in [0.29, 0.717) is 23.8 Å². The van der Waals surface area contributed by atoms with Gasteiger partial charge in [-0.25, -0.2) is 0 Å². The van der Waals surface area contributed by atoms with Crippen LogP contribution in [0.25, 0.3) is 11.5 Å². The number of amides is 1. The quantitative estimate of drug-likeness (QED) is 0.771. The van der Waals surface area contributed by atoms with Crippen molar-refractivity contribution in [1.82, 2.24) is 20.4 Å². The average molecular weight is 356 g/mol. The maximum absolute atomic E-state index is 12.2. The number of hydrogen-bond acceptors (Lipinski definition) is 5. The fourth-order valence-electron chi connectivity index (χ4n) is 3.43. The maximum atomic E-state index is 12.2. The third-order valence-electron chi connectivity index (χ3n) is 4.85. The molecule has 26 heavy (non-hydrogen) atoms. The number of aromatic nitrogens is 2. The standard InChI is InChI=1S/C20H28N4O2/c1-15-6-5-13-24(14-15)12-4-3-11-21-19(25)17-7-9-18(10-8-17)20-22-16(2)23-26-20/h7-10,15H,3-6,11-14H2,1-2H3,(H,21,25). The topological polar surface area (TPSA) is 71.3 Å². The summed E-state index contributed by atoms with van der Waals surface area (Å²) in [5.41, 5.74) is 1.47. The Morgan fingerprint density at radius 2 is 2.12 bits per heavy atom. The van der Waals surface area contributed by atoms with E-state index < -0.39 is 0 Å². The minimum absolute atomic E-state index is 0.0372. The normalized spacial score (nSPS) is 18.0. The van der Waals surface area contributed by atoms with E-state index in [4.69, 9.17) is 4.52 Å². The van der Waals surface area contributed by atoms with Gasteiger partial charge in [0.25, 0.3) is 11.8 Å². The third-order valence-corrected chi connectivity index (χ3v) is 4.85. The highest BCUT2D eigenvalue weighted by molar-refractivity contribution is 5.94. The number of carbonyl (C=O) groups is 1. The smallest absolute Gasteiger partial charge is 0.257 e. The van der Waals surface area contributed by atoms with Crippen molar-refractivity contribution in [1.29, 1.82) is 0 Å². The van der Waals surface area contributed by atoms with Crippen molar-refractivity contribution >= 4 is 5.91 Å². The van der Waals surface area contributed by atoms with Gasteiger partial charge in [0, 0.05) is 24.2 Å². The largest absolute Gasteiger partial charge is 0.352 e. The van der Waals surface area contributed by atoms with E-state index in [1.807, 2.05) is 12.1 Å². The third kappa shape index (κ3) is 5.14. The first-order valence-corrected chi connectivity index (χ1v) is 9.53. The molecular formula is C20H28N4O2. The summed E-state index contributed by atoms with van der Waals surface area (Å²) < 4.78 is 5.13. The van der Waals surface area contributed by atoms with Gasteiger partial charge in [0.2, 0.25) is 0 Å². The predicted octanol–water partition coefficient (Wildman–Crippen LogP) is 3.29. The van der Waals surface area contributed by atoms with E-state index in [1.54, 1.807) is 19.1 Å². The van der Waals surface area contributed by atoms with Gasteiger partial charge in [-0.3, -0.25) is 4.79 Å². The van der Waals surface area contributed by atoms with Crippen molar-refractivity contribution in [3.05, 3.63) is 35.7 Å². The Morgan fingerprint density at radius 1 is 1.31 bits per heavy atom. The monoisotopic (exact) mass is 356 g/mol. The van der Waals surface area contributed by atoms with Crippen molar-refractivity contribution in [3.8, 4) is 11.5 Å². The lowest BCUT2D eigenvalue weighted by atomic mass is 10.0. The lowest BCUT2D eigenvalue weighted by Crippen LogP contribution is -2.35. The molecule has 1 atom stereocenters. The molecule has 1 unspecified atom stereocenters. The van der Waals surface area contributed by atoms with Crippen molar-refractivity contribution < 1.29 is 9.32 Å². The Labute approximate surface area is 155 Å². The van der Waals surface area contributed by atoms with Crippen molar-refractivity contribution in [2.24, 2.45) is 5.92 Å². The van der Waals surface area contributed by atoms with Crippen LogP contribution in [-0.4, -0.2) is 47.1 Å². The lowest BCUT2D eigenvalue weighted by molar-refractivity contribution is 0.0952. The zero-order valence-electron chi connectivity index (χ0n) is 15.7. The van der Waals surface area contributed by atoms with Gasteiger partial charge in [-0.2, -0.15) is 4.98 Å². The molecule has 2 aromatic rings. The number of hydrogen-bond donors (Lipinski definition) is 1. The van der Waals surface area contributed by atoms with Crippen LogP contribution in [0.5, 0.6) is 0 Å². The summed E-state index contributed by atoms with van der Waals surface area (Å²) in [5, 5.41) is 6.78. The molecular weight excluding hydrogens is 328 g/mol. The molecule has 140 valence electrons. The Kier molecular flexibility index (Phi) is 6.39. The Bertz CT molecular complexity index is 711. The number of rotatable bonds is 7. The molecule has 1 saturated heterocycles. The molecule has 0 spiro atoms. The summed E-state index contributed by atoms with van der Waals surface area (Å²) in [6, 6.07) is 7.25. The van der Waals surface area contributed by atoms with Crippen LogP contribution in [-0.2, 0) is 0 Å². The second-order valence-corrected chi connectivity index (χ2v) is 7.24. The molecule has 6 nitrogen and oxygen atoms in total. The second-order valence-electron chi connectivity index (χ2n) is 7.24. The van der Waals surface area contributed by atoms with Gasteiger partial charge in [0.05, 0.1) is 0 Å². The van der Waals surface area contributed by atoms with Gasteiger partial charge in [-0.1, -0.05) is 12.1 Å². The number of nitrogens with zero attached hydrogens (tertiary/aromatic N) is 3. The molecule has 3 rings (SSSR count). The van der Waals surface area contributed by atoms with Gasteiger partial charge < -0.3 is 14.7 Å². The van der Waals surface area contributed by atoms with Gasteiger partial charge in [0.1, 0.15) is 0 Å². The van der Waals surface area contributed by atoms with Crippen molar-refractivity contribution in [3.63, 3.8) is 0 Å². The fourth-order valence-corrected chi connectivity index (χ4v) is 3.43. The summed E-state index contributed by atoms with van der Waals surface area (Å²) in [4.78, 5) is 19.0. The van der Waals surface area contributed by atoms with E-state index in [-0.39, 0.29) is 5.91 Å². The average Bonchev–Trinajstić information content (AvgIpc) is 3.08. The highest BCUT2D eigenvalue weighted by Gasteiger charge is 2.15. The van der Waals surface area contributed by atoms with Crippen LogP contribution < -0.4 is 5.32 Å². The van der Waals surface area contributed by atoms with E-state index in [9.17, 15) is 4.79 Å². The summed E-state index contributed by atoms with van der Waals surface area (Å²) in [7, 11) is 0. The van der Waals surface area contributed by atoms with Crippen molar-refractivity contribution in [2.45, 2.75) is 39.5 Å². The Balaban J connectivity index is 1.38. The number of aryl methyl sites for hydroxylation is 1. The van der Waals surface area contributed by atoms with Crippen LogP contribution in [0.2, 0.25) is 0 Å². The lowest BCUT2D eigenvalue weighted by Gasteiger charge is -2.30. The summed E-state index contributed by atoms with van der Waals surface area (Å²) in [5.74, 6) is 1.86. The van der Waals surface area contributed by atoms with E-state index in [1.165, 1.54) is 25.9 Å². The molecule has 1 aromatic heterocycles. The number of nitrogens with one attached hydrogen (secondary N) is 1. The molecule has 2 heterocycles. The van der Waals surface area contributed by atoms with Crippen LogP contribution in [0.3, 0.4) is 0 Å². The van der Waals surface area contributed by atoms with Gasteiger partial charge in [0.15, 0.2) is 5.82 Å². The van der Waals surface area contributed by atoms with E-state index >= 15 is 0 Å². The Morgan fingerprint density at radius 3 is 2.81 bits per heavy atom. The molecule has 1 aromatic carbocycles. The molecule has 1 amide bonds. The molecule has 1 aliphatic heterocycles. The van der Waals surface area contributed by atoms with Gasteiger partial charge >= 0.3 is 0 Å². The number of piperidine rings is 1. The second kappa shape index (κ2) is 8.94. The number of benzene rings is 1. The summed E-state index contributed by atoms with van der Waals surface area (Å²) in [6.07, 6.45) is 4.81. The fraction of sp³-hybridized carbons (Fsp3) is 0.550.